The Morgan fingerprint density at radius 2 is 0.647 bits per heavy atom. The Kier molecular flexibility index (Phi) is 3.44. The van der Waals surface area contributed by atoms with Crippen LogP contribution in [-0.4, -0.2) is 30.7 Å². The molecular formula is C4BF12-. The molecular weight excluding hydrogens is 287 g/mol. The minimum absolute atomic E-state index is 7.23. The van der Waals surface area contributed by atoms with Crippen molar-refractivity contribution in [2.75, 3.05) is 0 Å². The quantitative estimate of drug-likeness (QED) is 0.534. The molecule has 0 radical (unpaired) electrons. The number of rotatable bonds is 2. The van der Waals surface area contributed by atoms with Crippen LogP contribution in [0.15, 0.2) is 0 Å². The molecule has 0 N–H and O–H groups in total. The standard InChI is InChI=1S/C4BF12/c6-1(7,3(10,11)12)5(16,17)2(8,9)4(13,14)15/q-1. The van der Waals surface area contributed by atoms with Gasteiger partial charge >= 0.3 is 19.1 Å². The third kappa shape index (κ3) is 2.15. The van der Waals surface area contributed by atoms with Gasteiger partial charge in [0.05, 0.1) is 0 Å². The highest BCUT2D eigenvalue weighted by Crippen LogP contribution is 2.54. The fourth-order valence-electron chi connectivity index (χ4n) is 0.639. The molecule has 0 spiro atoms. The van der Waals surface area contributed by atoms with E-state index in [9.17, 15) is 52.5 Å². The zero-order valence-corrected chi connectivity index (χ0v) is 7.11. The van der Waals surface area contributed by atoms with Crippen molar-refractivity contribution >= 4 is 6.70 Å². The minimum atomic E-state index is -8.42. The van der Waals surface area contributed by atoms with E-state index >= 15 is 0 Å². The zero-order chi connectivity index (χ0) is 14.5. The summed E-state index contributed by atoms with van der Waals surface area (Å²) >= 11 is 0. The van der Waals surface area contributed by atoms with Gasteiger partial charge < -0.3 is 8.63 Å². The van der Waals surface area contributed by atoms with Gasteiger partial charge in [0, 0.05) is 0 Å². The topological polar surface area (TPSA) is 0 Å². The van der Waals surface area contributed by atoms with Gasteiger partial charge in [-0.25, -0.2) is 17.6 Å². The van der Waals surface area contributed by atoms with Gasteiger partial charge in [0.15, 0.2) is 0 Å². The van der Waals surface area contributed by atoms with Crippen molar-refractivity contribution in [3.05, 3.63) is 0 Å². The average Bonchev–Trinajstić information content (AvgIpc) is 1.98. The summed E-state index contributed by atoms with van der Waals surface area (Å²) in [4.78, 5) is 0. The van der Waals surface area contributed by atoms with E-state index in [2.05, 4.69) is 0 Å². The van der Waals surface area contributed by atoms with Crippen LogP contribution in [0.3, 0.4) is 0 Å². The molecule has 17 heavy (non-hydrogen) atoms. The van der Waals surface area contributed by atoms with Gasteiger partial charge in [0.2, 0.25) is 0 Å². The summed E-state index contributed by atoms with van der Waals surface area (Å²) in [5.41, 5.74) is 0. The molecule has 0 aromatic rings. The van der Waals surface area contributed by atoms with Crippen LogP contribution >= 0.6 is 0 Å². The van der Waals surface area contributed by atoms with Crippen molar-refractivity contribution in [1.29, 1.82) is 0 Å². The minimum Gasteiger partial charge on any atom is -0.469 e. The molecule has 104 valence electrons. The van der Waals surface area contributed by atoms with Crippen molar-refractivity contribution < 1.29 is 52.5 Å². The Hall–Kier alpha value is -0.775. The molecule has 0 aromatic carbocycles. The molecule has 0 unspecified atom stereocenters. The Morgan fingerprint density at radius 1 is 0.471 bits per heavy atom. The molecule has 0 rings (SSSR count). The van der Waals surface area contributed by atoms with Gasteiger partial charge in [-0.2, -0.15) is 26.3 Å². The first-order valence-electron chi connectivity index (χ1n) is 3.40. The fourth-order valence-corrected chi connectivity index (χ4v) is 0.639. The molecule has 0 amide bonds. The highest BCUT2D eigenvalue weighted by Gasteiger charge is 2.82. The molecule has 0 saturated carbocycles. The summed E-state index contributed by atoms with van der Waals surface area (Å²) < 4.78 is 140. The van der Waals surface area contributed by atoms with Crippen LogP contribution in [0.5, 0.6) is 0 Å². The average molecular weight is 287 g/mol. The van der Waals surface area contributed by atoms with E-state index in [-0.39, 0.29) is 0 Å². The second-order valence-corrected chi connectivity index (χ2v) is 2.90. The molecule has 0 atom stereocenters. The van der Waals surface area contributed by atoms with Crippen LogP contribution in [0.1, 0.15) is 0 Å². The van der Waals surface area contributed by atoms with Gasteiger partial charge in [-0.05, 0) is 0 Å². The van der Waals surface area contributed by atoms with Crippen LogP contribution in [0.4, 0.5) is 52.5 Å². The van der Waals surface area contributed by atoms with E-state index < -0.39 is 30.7 Å². The highest BCUT2D eigenvalue weighted by atomic mass is 19.4. The van der Waals surface area contributed by atoms with E-state index in [1.54, 1.807) is 0 Å². The molecule has 0 fully saturated rings. The van der Waals surface area contributed by atoms with Crippen molar-refractivity contribution in [3.8, 4) is 0 Å². The second kappa shape index (κ2) is 3.61. The summed E-state index contributed by atoms with van der Waals surface area (Å²) in [6, 6.07) is 0. The summed E-state index contributed by atoms with van der Waals surface area (Å²) in [5, 5.41) is 0. The lowest BCUT2D eigenvalue weighted by Crippen LogP contribution is -2.69. The molecule has 0 aliphatic heterocycles. The molecule has 0 aliphatic rings. The molecule has 0 aliphatic carbocycles. The van der Waals surface area contributed by atoms with E-state index in [1.165, 1.54) is 0 Å². The molecule has 0 saturated heterocycles. The molecule has 0 bridgehead atoms. The smallest absolute Gasteiger partial charge is 0.466 e. The lowest BCUT2D eigenvalue weighted by atomic mass is 9.51. The maximum Gasteiger partial charge on any atom is 0.466 e. The predicted octanol–water partition coefficient (Wildman–Crippen LogP) is 3.84. The van der Waals surface area contributed by atoms with Gasteiger partial charge in [-0.1, -0.05) is 0 Å². The van der Waals surface area contributed by atoms with Crippen LogP contribution in [0, 0.1) is 0 Å². The Morgan fingerprint density at radius 3 is 0.765 bits per heavy atom. The Labute approximate surface area is 84.6 Å². The molecule has 0 nitrogen and oxygen atoms in total. The number of halogens is 12. The Bertz CT molecular complexity index is 254. The lowest BCUT2D eigenvalue weighted by molar-refractivity contribution is -0.286. The van der Waals surface area contributed by atoms with E-state index in [0.717, 1.165) is 0 Å². The van der Waals surface area contributed by atoms with Gasteiger partial charge in [-0.15, -0.1) is 0 Å². The highest BCUT2D eigenvalue weighted by molar-refractivity contribution is 6.71. The Balaban J connectivity index is 5.73. The summed E-state index contributed by atoms with van der Waals surface area (Å²) in [5.74, 6) is -14.9. The first kappa shape index (κ1) is 16.2. The van der Waals surface area contributed by atoms with Crippen molar-refractivity contribution in [2.24, 2.45) is 0 Å². The van der Waals surface area contributed by atoms with E-state index in [1.807, 2.05) is 0 Å². The van der Waals surface area contributed by atoms with Crippen LogP contribution in [0.2, 0.25) is 0 Å². The number of hydrogen-bond acceptors (Lipinski definition) is 0. The van der Waals surface area contributed by atoms with Crippen molar-refractivity contribution in [1.82, 2.24) is 0 Å². The van der Waals surface area contributed by atoms with Crippen molar-refractivity contribution in [3.63, 3.8) is 0 Å². The normalized spacial score (nSPS) is 16.2. The van der Waals surface area contributed by atoms with E-state index in [4.69, 9.17) is 0 Å². The predicted molar refractivity (Wildman–Crippen MR) is 30.0 cm³/mol. The lowest BCUT2D eigenvalue weighted by Gasteiger charge is -2.40. The zero-order valence-electron chi connectivity index (χ0n) is 7.11. The fraction of sp³-hybridized carbons (Fsp3) is 1.00. The summed E-state index contributed by atoms with van der Waals surface area (Å²) in [7, 11) is 0. The molecule has 0 aromatic heterocycles. The monoisotopic (exact) mass is 287 g/mol. The SMILES string of the molecule is F[B-](F)(C(F)(F)C(F)(F)F)C(F)(F)C(F)(F)F. The maximum atomic E-state index is 12.1. The van der Waals surface area contributed by atoms with E-state index in [0.29, 0.717) is 0 Å². The third-order valence-electron chi connectivity index (χ3n) is 1.67. The van der Waals surface area contributed by atoms with Crippen LogP contribution < -0.4 is 0 Å². The first-order chi connectivity index (χ1) is 7.00. The number of alkyl halides is 10. The summed E-state index contributed by atoms with van der Waals surface area (Å²) in [6.45, 7) is -8.42. The molecule has 13 heteroatoms. The second-order valence-electron chi connectivity index (χ2n) is 2.90. The van der Waals surface area contributed by atoms with Gasteiger partial charge in [0.1, 0.15) is 0 Å². The third-order valence-corrected chi connectivity index (χ3v) is 1.67. The summed E-state index contributed by atoms with van der Waals surface area (Å²) in [6.07, 6.45) is -14.5. The molecule has 0 heterocycles. The first-order valence-corrected chi connectivity index (χ1v) is 3.40. The maximum absolute atomic E-state index is 12.1. The van der Waals surface area contributed by atoms with Crippen LogP contribution in [-0.2, 0) is 0 Å². The van der Waals surface area contributed by atoms with Gasteiger partial charge in [0.25, 0.3) is 11.6 Å². The van der Waals surface area contributed by atoms with Gasteiger partial charge in [-0.3, -0.25) is 0 Å². The van der Waals surface area contributed by atoms with Crippen molar-refractivity contribution in [2.45, 2.75) is 24.0 Å². The number of hydrogen-bond donors (Lipinski definition) is 0. The van der Waals surface area contributed by atoms with Crippen LogP contribution in [0.25, 0.3) is 0 Å². The largest absolute Gasteiger partial charge is 0.469 e.